The van der Waals surface area contributed by atoms with Crippen LogP contribution in [0, 0.1) is 18.6 Å². The van der Waals surface area contributed by atoms with Gasteiger partial charge in [0.05, 0.1) is 0 Å². The topological polar surface area (TPSA) is 21.7 Å². The van der Waals surface area contributed by atoms with E-state index in [0.717, 1.165) is 62.0 Å². The molecule has 0 unspecified atom stereocenters. The third-order valence-electron chi connectivity index (χ3n) is 6.94. The van der Waals surface area contributed by atoms with Crippen molar-refractivity contribution in [3.63, 3.8) is 0 Å². The second-order valence-corrected chi connectivity index (χ2v) is 9.36. The Morgan fingerprint density at radius 2 is 1.11 bits per heavy atom. The van der Waals surface area contributed by atoms with Gasteiger partial charge in [0.1, 0.15) is 34.6 Å². The van der Waals surface area contributed by atoms with Crippen LogP contribution in [0.3, 0.4) is 0 Å². The average Bonchev–Trinajstić information content (AvgIpc) is 2.90. The molecular formula is C31H20BF2NO2. The van der Waals surface area contributed by atoms with Gasteiger partial charge in [0.25, 0.3) is 6.71 Å². The maximum atomic E-state index is 13.7. The molecule has 6 heteroatoms. The van der Waals surface area contributed by atoms with Gasteiger partial charge in [-0.25, -0.2) is 8.78 Å². The van der Waals surface area contributed by atoms with Crippen LogP contribution in [0.2, 0.25) is 0 Å². The molecule has 5 aromatic carbocycles. The number of para-hydroxylation sites is 1. The van der Waals surface area contributed by atoms with Gasteiger partial charge in [-0.05, 0) is 96.2 Å². The van der Waals surface area contributed by atoms with Gasteiger partial charge in [-0.2, -0.15) is 0 Å². The van der Waals surface area contributed by atoms with Crippen molar-refractivity contribution in [3.8, 4) is 23.0 Å². The summed E-state index contributed by atoms with van der Waals surface area (Å²) in [6.45, 7) is 1.99. The number of rotatable bonds is 3. The fourth-order valence-electron chi connectivity index (χ4n) is 5.33. The van der Waals surface area contributed by atoms with Crippen LogP contribution in [0.15, 0.2) is 103 Å². The van der Waals surface area contributed by atoms with Gasteiger partial charge in [0.2, 0.25) is 0 Å². The summed E-state index contributed by atoms with van der Waals surface area (Å²) in [6.07, 6.45) is 0. The van der Waals surface area contributed by atoms with E-state index in [2.05, 4.69) is 18.2 Å². The summed E-state index contributed by atoms with van der Waals surface area (Å²) in [7, 11) is 0. The number of halogens is 2. The molecule has 0 radical (unpaired) electrons. The minimum absolute atomic E-state index is 0.0292. The first-order chi connectivity index (χ1) is 18.0. The zero-order chi connectivity index (χ0) is 25.1. The second-order valence-electron chi connectivity index (χ2n) is 9.36. The first kappa shape index (κ1) is 21.7. The van der Waals surface area contributed by atoms with Crippen molar-refractivity contribution >= 4 is 40.2 Å². The standard InChI is InChI=1S/C31H20BF2NO2/c1-19-16-29-31-30(17-19)37-28-18-24(14-15-26(28)32(31)25-4-2-3-5-27(25)36-29)35(22-10-6-20(33)7-11-22)23-12-8-21(34)9-13-23/h2-18H,1H3. The van der Waals surface area contributed by atoms with Crippen molar-refractivity contribution in [2.45, 2.75) is 6.92 Å². The first-order valence-corrected chi connectivity index (χ1v) is 12.1. The molecule has 178 valence electrons. The number of benzene rings is 5. The number of fused-ring (bicyclic) bond motifs is 4. The summed E-state index contributed by atoms with van der Waals surface area (Å²) in [6, 6.07) is 30.8. The molecule has 7 rings (SSSR count). The van der Waals surface area contributed by atoms with E-state index in [-0.39, 0.29) is 18.3 Å². The molecule has 2 heterocycles. The second kappa shape index (κ2) is 8.24. The number of ether oxygens (including phenoxy) is 2. The van der Waals surface area contributed by atoms with E-state index in [1.54, 1.807) is 24.3 Å². The molecule has 0 atom stereocenters. The maximum Gasteiger partial charge on any atom is 0.260 e. The van der Waals surface area contributed by atoms with Gasteiger partial charge in [-0.15, -0.1) is 0 Å². The lowest BCUT2D eigenvalue weighted by Gasteiger charge is -2.34. The third kappa shape index (κ3) is 3.56. The van der Waals surface area contributed by atoms with Crippen molar-refractivity contribution in [1.82, 2.24) is 0 Å². The molecule has 2 aliphatic rings. The fraction of sp³-hybridized carbons (Fsp3) is 0.0323. The highest BCUT2D eigenvalue weighted by molar-refractivity contribution is 6.98. The first-order valence-electron chi connectivity index (χ1n) is 12.1. The minimum atomic E-state index is -0.322. The van der Waals surface area contributed by atoms with Crippen LogP contribution >= 0.6 is 0 Å². The number of anilines is 3. The minimum Gasteiger partial charge on any atom is -0.458 e. The van der Waals surface area contributed by atoms with Crippen LogP contribution in [-0.2, 0) is 0 Å². The van der Waals surface area contributed by atoms with Gasteiger partial charge in [-0.1, -0.05) is 24.3 Å². The summed E-state index contributed by atoms with van der Waals surface area (Å²) in [5.41, 5.74) is 6.51. The third-order valence-corrected chi connectivity index (χ3v) is 6.94. The maximum absolute atomic E-state index is 13.7. The van der Waals surface area contributed by atoms with E-state index in [1.807, 2.05) is 48.2 Å². The molecule has 37 heavy (non-hydrogen) atoms. The van der Waals surface area contributed by atoms with Crippen LogP contribution < -0.4 is 30.8 Å². The molecule has 2 aliphatic heterocycles. The summed E-state index contributed by atoms with van der Waals surface area (Å²) in [4.78, 5) is 1.96. The molecule has 5 aromatic rings. The number of aryl methyl sites for hydroxylation is 1. The molecule has 0 spiro atoms. The molecule has 0 N–H and O–H groups in total. The molecule has 0 amide bonds. The van der Waals surface area contributed by atoms with E-state index in [0.29, 0.717) is 0 Å². The Hall–Kier alpha value is -4.58. The number of hydrogen-bond acceptors (Lipinski definition) is 3. The predicted molar refractivity (Wildman–Crippen MR) is 143 cm³/mol. The molecule has 0 saturated heterocycles. The molecular weight excluding hydrogens is 467 g/mol. The quantitative estimate of drug-likeness (QED) is 0.267. The van der Waals surface area contributed by atoms with Crippen molar-refractivity contribution in [2.24, 2.45) is 0 Å². The highest BCUT2D eigenvalue weighted by Gasteiger charge is 2.40. The van der Waals surface area contributed by atoms with Gasteiger partial charge in [-0.3, -0.25) is 0 Å². The lowest BCUT2D eigenvalue weighted by Crippen LogP contribution is -2.57. The Labute approximate surface area is 213 Å². The van der Waals surface area contributed by atoms with Crippen LogP contribution in [0.1, 0.15) is 5.56 Å². The predicted octanol–water partition coefficient (Wildman–Crippen LogP) is 6.47. The summed E-state index contributed by atoms with van der Waals surface area (Å²) in [5.74, 6) is 2.52. The Morgan fingerprint density at radius 3 is 1.76 bits per heavy atom. The van der Waals surface area contributed by atoms with Crippen LogP contribution in [-0.4, -0.2) is 6.71 Å². The largest absolute Gasteiger partial charge is 0.458 e. The van der Waals surface area contributed by atoms with Crippen molar-refractivity contribution < 1.29 is 18.3 Å². The summed E-state index contributed by atoms with van der Waals surface area (Å²) < 4.78 is 40.3. The monoisotopic (exact) mass is 487 g/mol. The Balaban J connectivity index is 1.41. The number of nitrogens with zero attached hydrogens (tertiary/aromatic N) is 1. The van der Waals surface area contributed by atoms with Gasteiger partial charge in [0.15, 0.2) is 0 Å². The van der Waals surface area contributed by atoms with Crippen LogP contribution in [0.5, 0.6) is 23.0 Å². The van der Waals surface area contributed by atoms with Crippen molar-refractivity contribution in [3.05, 3.63) is 120 Å². The summed E-state index contributed by atoms with van der Waals surface area (Å²) in [5, 5.41) is 0. The number of hydrogen-bond donors (Lipinski definition) is 0. The zero-order valence-electron chi connectivity index (χ0n) is 19.9. The lowest BCUT2D eigenvalue weighted by atomic mass is 9.35. The van der Waals surface area contributed by atoms with E-state index >= 15 is 0 Å². The SMILES string of the molecule is Cc1cc2c3c(c1)Oc1cc(N(c4ccc(F)cc4)c4ccc(F)cc4)ccc1B3c1ccccc1O2. The highest BCUT2D eigenvalue weighted by atomic mass is 19.1. The van der Waals surface area contributed by atoms with E-state index in [9.17, 15) is 8.78 Å². The van der Waals surface area contributed by atoms with Gasteiger partial charge in [0, 0.05) is 28.6 Å². The molecule has 0 bridgehead atoms. The van der Waals surface area contributed by atoms with Gasteiger partial charge < -0.3 is 14.4 Å². The molecule has 0 aliphatic carbocycles. The Bertz CT molecular complexity index is 1620. The average molecular weight is 487 g/mol. The zero-order valence-corrected chi connectivity index (χ0v) is 19.9. The molecule has 0 saturated carbocycles. The molecule has 0 fully saturated rings. The van der Waals surface area contributed by atoms with Crippen LogP contribution in [0.4, 0.5) is 25.8 Å². The Morgan fingerprint density at radius 1 is 0.568 bits per heavy atom. The van der Waals surface area contributed by atoms with Crippen LogP contribution in [0.25, 0.3) is 0 Å². The van der Waals surface area contributed by atoms with E-state index in [1.165, 1.54) is 24.3 Å². The fourth-order valence-corrected chi connectivity index (χ4v) is 5.33. The Kier molecular flexibility index (Phi) is 4.83. The van der Waals surface area contributed by atoms with E-state index < -0.39 is 0 Å². The highest BCUT2D eigenvalue weighted by Crippen LogP contribution is 2.40. The van der Waals surface area contributed by atoms with E-state index in [4.69, 9.17) is 9.47 Å². The normalized spacial score (nSPS) is 12.6. The van der Waals surface area contributed by atoms with Crippen molar-refractivity contribution in [1.29, 1.82) is 0 Å². The molecule has 3 nitrogen and oxygen atoms in total. The smallest absolute Gasteiger partial charge is 0.260 e. The van der Waals surface area contributed by atoms with Crippen molar-refractivity contribution in [2.75, 3.05) is 4.90 Å². The van der Waals surface area contributed by atoms with Gasteiger partial charge >= 0.3 is 0 Å². The summed E-state index contributed by atoms with van der Waals surface area (Å²) >= 11 is 0. The lowest BCUT2D eigenvalue weighted by molar-refractivity contribution is 0.464. The molecule has 0 aromatic heterocycles.